The predicted octanol–water partition coefficient (Wildman–Crippen LogP) is 1.81. The van der Waals surface area contributed by atoms with Gasteiger partial charge in [0.1, 0.15) is 0 Å². The molecule has 1 aromatic rings. The van der Waals surface area contributed by atoms with Crippen LogP contribution in [0.5, 0.6) is 0 Å². The lowest BCUT2D eigenvalue weighted by Crippen LogP contribution is -2.39. The number of hydrogen-bond donors (Lipinski definition) is 0. The van der Waals surface area contributed by atoms with Gasteiger partial charge >= 0.3 is 0 Å². The number of nitrogens with zero attached hydrogens (tertiary/aromatic N) is 2. The molecule has 5 nitrogen and oxygen atoms in total. The number of imide groups is 1. The second-order valence-electron chi connectivity index (χ2n) is 5.92. The zero-order chi connectivity index (χ0) is 15.7. The first-order valence-corrected chi connectivity index (χ1v) is 7.80. The highest BCUT2D eigenvalue weighted by atomic mass is 16.2. The van der Waals surface area contributed by atoms with E-state index in [0.29, 0.717) is 6.54 Å². The molecule has 0 spiro atoms. The first-order valence-electron chi connectivity index (χ1n) is 7.80. The first-order chi connectivity index (χ1) is 10.6. The van der Waals surface area contributed by atoms with Gasteiger partial charge in [-0.05, 0) is 30.9 Å². The number of carbonyl (C=O) groups excluding carboxylic acids is 3. The fourth-order valence-electron chi connectivity index (χ4n) is 3.31. The number of carbonyl (C=O) groups is 3. The molecular formula is C17H20N2O3. The van der Waals surface area contributed by atoms with Crippen molar-refractivity contribution in [2.75, 3.05) is 18.0 Å². The maximum atomic E-state index is 12.6. The van der Waals surface area contributed by atoms with E-state index in [0.717, 1.165) is 24.1 Å². The Morgan fingerprint density at radius 2 is 1.86 bits per heavy atom. The first kappa shape index (κ1) is 14.8. The number of aryl methyl sites for hydroxylation is 2. The molecule has 22 heavy (non-hydrogen) atoms. The summed E-state index contributed by atoms with van der Waals surface area (Å²) in [5, 5.41) is 0. The van der Waals surface area contributed by atoms with E-state index in [1.54, 1.807) is 0 Å². The van der Waals surface area contributed by atoms with Crippen LogP contribution in [0.1, 0.15) is 36.8 Å². The van der Waals surface area contributed by atoms with Crippen molar-refractivity contribution in [3.63, 3.8) is 0 Å². The zero-order valence-corrected chi connectivity index (χ0v) is 12.8. The molecule has 1 aromatic carbocycles. The Morgan fingerprint density at radius 3 is 2.59 bits per heavy atom. The molecule has 2 aliphatic rings. The molecule has 2 aliphatic heterocycles. The quantitative estimate of drug-likeness (QED) is 0.800. The molecule has 0 aliphatic carbocycles. The van der Waals surface area contributed by atoms with Crippen molar-refractivity contribution in [1.29, 1.82) is 0 Å². The average molecular weight is 300 g/mol. The Labute approximate surface area is 129 Å². The van der Waals surface area contributed by atoms with E-state index >= 15 is 0 Å². The van der Waals surface area contributed by atoms with Gasteiger partial charge in [0, 0.05) is 38.0 Å². The second kappa shape index (κ2) is 5.91. The highest BCUT2D eigenvalue weighted by Crippen LogP contribution is 2.31. The molecule has 0 atom stereocenters. The maximum absolute atomic E-state index is 12.6. The monoisotopic (exact) mass is 300 g/mol. The van der Waals surface area contributed by atoms with E-state index in [1.807, 2.05) is 24.0 Å². The maximum Gasteiger partial charge on any atom is 0.229 e. The van der Waals surface area contributed by atoms with Gasteiger partial charge < -0.3 is 4.90 Å². The third-order valence-electron chi connectivity index (χ3n) is 4.42. The molecule has 3 amide bonds. The van der Waals surface area contributed by atoms with Gasteiger partial charge in [0.05, 0.1) is 0 Å². The number of anilines is 1. The van der Waals surface area contributed by atoms with Crippen LogP contribution in [0.15, 0.2) is 18.2 Å². The van der Waals surface area contributed by atoms with Crippen molar-refractivity contribution in [3.05, 3.63) is 29.3 Å². The Morgan fingerprint density at radius 1 is 1.14 bits per heavy atom. The number of hydrogen-bond acceptors (Lipinski definition) is 3. The third kappa shape index (κ3) is 2.63. The highest BCUT2D eigenvalue weighted by Gasteiger charge is 2.30. The minimum atomic E-state index is -0.159. The van der Waals surface area contributed by atoms with Gasteiger partial charge in [0.15, 0.2) is 0 Å². The molecule has 3 rings (SSSR count). The van der Waals surface area contributed by atoms with Gasteiger partial charge in [-0.2, -0.15) is 0 Å². The third-order valence-corrected chi connectivity index (χ3v) is 4.42. The molecule has 5 heteroatoms. The molecule has 0 unspecified atom stereocenters. The lowest BCUT2D eigenvalue weighted by molar-refractivity contribution is -0.138. The minimum Gasteiger partial charge on any atom is -0.312 e. The lowest BCUT2D eigenvalue weighted by atomic mass is 9.98. The van der Waals surface area contributed by atoms with Crippen molar-refractivity contribution in [2.45, 2.75) is 39.0 Å². The summed E-state index contributed by atoms with van der Waals surface area (Å²) in [5.41, 5.74) is 3.31. The molecule has 1 saturated heterocycles. The van der Waals surface area contributed by atoms with Gasteiger partial charge in [-0.3, -0.25) is 19.3 Å². The van der Waals surface area contributed by atoms with E-state index in [2.05, 4.69) is 6.07 Å². The Kier molecular flexibility index (Phi) is 3.96. The zero-order valence-electron chi connectivity index (χ0n) is 12.8. The summed E-state index contributed by atoms with van der Waals surface area (Å²) in [7, 11) is 0. The molecule has 0 aromatic heterocycles. The van der Waals surface area contributed by atoms with Gasteiger partial charge in [0.2, 0.25) is 17.7 Å². The Bertz CT molecular complexity index is 623. The van der Waals surface area contributed by atoms with Crippen molar-refractivity contribution in [2.24, 2.45) is 0 Å². The summed E-state index contributed by atoms with van der Waals surface area (Å²) < 4.78 is 0. The van der Waals surface area contributed by atoms with Crippen molar-refractivity contribution < 1.29 is 14.4 Å². The average Bonchev–Trinajstić information content (AvgIpc) is 2.83. The van der Waals surface area contributed by atoms with Gasteiger partial charge in [-0.15, -0.1) is 0 Å². The number of para-hydroxylation sites is 1. The molecule has 0 radical (unpaired) electrons. The lowest BCUT2D eigenvalue weighted by Gasteiger charge is -2.31. The molecule has 2 heterocycles. The molecule has 1 fully saturated rings. The van der Waals surface area contributed by atoms with E-state index in [-0.39, 0.29) is 43.5 Å². The van der Waals surface area contributed by atoms with Crippen LogP contribution in [-0.4, -0.2) is 35.7 Å². The van der Waals surface area contributed by atoms with E-state index in [1.165, 1.54) is 10.5 Å². The van der Waals surface area contributed by atoms with Crippen LogP contribution in [0, 0.1) is 6.92 Å². The van der Waals surface area contributed by atoms with E-state index < -0.39 is 0 Å². The normalized spacial score (nSPS) is 17.9. The van der Waals surface area contributed by atoms with Crippen LogP contribution in [0.3, 0.4) is 0 Å². The predicted molar refractivity (Wildman–Crippen MR) is 82.4 cm³/mol. The number of benzene rings is 1. The number of rotatable bonds is 3. The summed E-state index contributed by atoms with van der Waals surface area (Å²) in [4.78, 5) is 38.8. The van der Waals surface area contributed by atoms with Crippen LogP contribution in [0.4, 0.5) is 5.69 Å². The van der Waals surface area contributed by atoms with Crippen LogP contribution < -0.4 is 4.90 Å². The summed E-state index contributed by atoms with van der Waals surface area (Å²) in [6.07, 6.45) is 2.69. The second-order valence-corrected chi connectivity index (χ2v) is 5.92. The van der Waals surface area contributed by atoms with Crippen LogP contribution >= 0.6 is 0 Å². The number of fused-ring (bicyclic) bond motifs is 1. The number of amides is 3. The topological polar surface area (TPSA) is 57.7 Å². The fourth-order valence-corrected chi connectivity index (χ4v) is 3.31. The van der Waals surface area contributed by atoms with Gasteiger partial charge in [0.25, 0.3) is 0 Å². The summed E-state index contributed by atoms with van der Waals surface area (Å²) in [6.45, 7) is 2.92. The highest BCUT2D eigenvalue weighted by molar-refractivity contribution is 6.02. The smallest absolute Gasteiger partial charge is 0.229 e. The fraction of sp³-hybridized carbons (Fsp3) is 0.471. The largest absolute Gasteiger partial charge is 0.312 e. The summed E-state index contributed by atoms with van der Waals surface area (Å²) in [6, 6.07) is 6.09. The van der Waals surface area contributed by atoms with Crippen LogP contribution in [0.2, 0.25) is 0 Å². The van der Waals surface area contributed by atoms with Crippen LogP contribution in [-0.2, 0) is 20.8 Å². The van der Waals surface area contributed by atoms with Crippen molar-refractivity contribution in [3.8, 4) is 0 Å². The molecule has 116 valence electrons. The summed E-state index contributed by atoms with van der Waals surface area (Å²) >= 11 is 0. The summed E-state index contributed by atoms with van der Waals surface area (Å²) in [5.74, 6) is -0.330. The molecular weight excluding hydrogens is 280 g/mol. The molecule has 0 bridgehead atoms. The van der Waals surface area contributed by atoms with E-state index in [4.69, 9.17) is 0 Å². The minimum absolute atomic E-state index is 0.0113. The van der Waals surface area contributed by atoms with E-state index in [9.17, 15) is 14.4 Å². The molecule has 0 saturated carbocycles. The standard InChI is InChI=1S/C17H20N2O3/c1-12-4-2-5-13-6-3-10-19(17(12)13)16(22)9-11-18-14(20)7-8-15(18)21/h2,4-5H,3,6-11H2,1H3. The SMILES string of the molecule is Cc1cccc2c1N(C(=O)CCN1C(=O)CCC1=O)CCC2. The molecule has 0 N–H and O–H groups in total. The Balaban J connectivity index is 1.72. The van der Waals surface area contributed by atoms with Crippen LogP contribution in [0.25, 0.3) is 0 Å². The van der Waals surface area contributed by atoms with Crippen molar-refractivity contribution >= 4 is 23.4 Å². The van der Waals surface area contributed by atoms with Crippen molar-refractivity contribution in [1.82, 2.24) is 4.90 Å². The van der Waals surface area contributed by atoms with Gasteiger partial charge in [-0.25, -0.2) is 0 Å². The number of likely N-dealkylation sites (tertiary alicyclic amines) is 1. The Hall–Kier alpha value is -2.17. The van der Waals surface area contributed by atoms with Gasteiger partial charge in [-0.1, -0.05) is 18.2 Å².